The highest BCUT2D eigenvalue weighted by Crippen LogP contribution is 2.43. The van der Waals surface area contributed by atoms with Gasteiger partial charge in [-0.05, 0) is 36.1 Å². The quantitative estimate of drug-likeness (QED) is 0.659. The highest BCUT2D eigenvalue weighted by atomic mass is 16.2. The van der Waals surface area contributed by atoms with Crippen molar-refractivity contribution in [3.05, 3.63) is 65.7 Å². The first-order valence-electron chi connectivity index (χ1n) is 11.7. The van der Waals surface area contributed by atoms with Crippen molar-refractivity contribution in [3.8, 4) is 0 Å². The molecule has 2 aromatic rings. The number of piperazine rings is 1. The molecule has 0 radical (unpaired) electrons. The van der Waals surface area contributed by atoms with Crippen LogP contribution in [0.4, 0.5) is 5.69 Å². The summed E-state index contributed by atoms with van der Waals surface area (Å²) in [5.41, 5.74) is 8.64. The Morgan fingerprint density at radius 3 is 2.12 bits per heavy atom. The lowest BCUT2D eigenvalue weighted by Crippen LogP contribution is -2.55. The third-order valence-corrected chi connectivity index (χ3v) is 6.80. The van der Waals surface area contributed by atoms with Crippen LogP contribution >= 0.6 is 0 Å². The molecule has 0 unspecified atom stereocenters. The zero-order valence-electron chi connectivity index (χ0n) is 19.0. The van der Waals surface area contributed by atoms with Crippen molar-refractivity contribution < 1.29 is 9.59 Å². The molecule has 2 aliphatic rings. The number of carbonyl (C=O) groups excluding carboxylic acids is 2. The Morgan fingerprint density at radius 2 is 1.56 bits per heavy atom. The van der Waals surface area contributed by atoms with Gasteiger partial charge in [0.1, 0.15) is 0 Å². The molecule has 2 fully saturated rings. The summed E-state index contributed by atoms with van der Waals surface area (Å²) < 4.78 is 0. The molecule has 6 nitrogen and oxygen atoms in total. The lowest BCUT2D eigenvalue weighted by molar-refractivity contribution is -0.119. The zero-order chi connectivity index (χ0) is 22.6. The van der Waals surface area contributed by atoms with E-state index in [-0.39, 0.29) is 17.4 Å². The second kappa shape index (κ2) is 9.84. The van der Waals surface area contributed by atoms with E-state index < -0.39 is 0 Å². The van der Waals surface area contributed by atoms with Crippen LogP contribution in [-0.4, -0.2) is 59.9 Å². The van der Waals surface area contributed by atoms with E-state index in [0.717, 1.165) is 63.4 Å². The number of para-hydroxylation sites is 1. The van der Waals surface area contributed by atoms with Crippen LogP contribution in [0, 0.1) is 0 Å². The van der Waals surface area contributed by atoms with Crippen molar-refractivity contribution in [1.29, 1.82) is 0 Å². The molecule has 1 aliphatic heterocycles. The predicted molar refractivity (Wildman–Crippen MR) is 127 cm³/mol. The maximum atomic E-state index is 12.7. The summed E-state index contributed by atoms with van der Waals surface area (Å²) in [5, 5.41) is 0. The summed E-state index contributed by atoms with van der Waals surface area (Å²) in [6.45, 7) is 7.76. The molecular weight excluding hydrogens is 400 g/mol. The Hall–Kier alpha value is -2.70. The van der Waals surface area contributed by atoms with Crippen LogP contribution in [0.3, 0.4) is 0 Å². The molecule has 0 atom stereocenters. The van der Waals surface area contributed by atoms with E-state index in [4.69, 9.17) is 5.73 Å². The van der Waals surface area contributed by atoms with E-state index in [9.17, 15) is 9.59 Å². The maximum Gasteiger partial charge on any atom is 0.226 e. The van der Waals surface area contributed by atoms with Gasteiger partial charge in [0.05, 0.1) is 6.42 Å². The van der Waals surface area contributed by atoms with Gasteiger partial charge < -0.3 is 10.6 Å². The fourth-order valence-electron chi connectivity index (χ4n) is 4.74. The fourth-order valence-corrected chi connectivity index (χ4v) is 4.74. The number of hydrogen-bond donors (Lipinski definition) is 1. The van der Waals surface area contributed by atoms with E-state index in [2.05, 4.69) is 21.9 Å². The average molecular weight is 435 g/mol. The van der Waals surface area contributed by atoms with Crippen molar-refractivity contribution in [2.45, 2.75) is 44.7 Å². The van der Waals surface area contributed by atoms with Crippen LogP contribution in [0.1, 0.15) is 37.3 Å². The number of nitrogens with two attached hydrogens (primary N) is 1. The van der Waals surface area contributed by atoms with Crippen molar-refractivity contribution >= 4 is 17.5 Å². The van der Waals surface area contributed by atoms with Crippen molar-refractivity contribution in [2.75, 3.05) is 37.6 Å². The molecule has 2 aromatic carbocycles. The number of carbonyl (C=O) groups is 2. The predicted octanol–water partition coefficient (Wildman–Crippen LogP) is 2.81. The molecule has 32 heavy (non-hydrogen) atoms. The minimum atomic E-state index is -0.297. The van der Waals surface area contributed by atoms with Gasteiger partial charge in [-0.1, -0.05) is 49.4 Å². The van der Waals surface area contributed by atoms with Crippen LogP contribution in [0.25, 0.3) is 0 Å². The van der Waals surface area contributed by atoms with Crippen molar-refractivity contribution in [1.82, 2.24) is 9.80 Å². The minimum Gasteiger partial charge on any atom is -0.369 e. The summed E-state index contributed by atoms with van der Waals surface area (Å²) in [6.07, 6.45) is 3.14. The van der Waals surface area contributed by atoms with Gasteiger partial charge in [0.25, 0.3) is 0 Å². The summed E-state index contributed by atoms with van der Waals surface area (Å²) >= 11 is 0. The minimum absolute atomic E-state index is 0.128. The lowest BCUT2D eigenvalue weighted by Gasteiger charge is -2.41. The van der Waals surface area contributed by atoms with Gasteiger partial charge in [-0.2, -0.15) is 0 Å². The van der Waals surface area contributed by atoms with E-state index in [1.54, 1.807) is 0 Å². The van der Waals surface area contributed by atoms with E-state index in [0.29, 0.717) is 12.8 Å². The zero-order valence-corrected chi connectivity index (χ0v) is 19.0. The normalized spacial score (nSPS) is 18.3. The van der Waals surface area contributed by atoms with E-state index in [1.807, 2.05) is 54.3 Å². The summed E-state index contributed by atoms with van der Waals surface area (Å²) in [6, 6.07) is 18.3. The molecular formula is C26H34N4O2. The van der Waals surface area contributed by atoms with Gasteiger partial charge in [-0.15, -0.1) is 0 Å². The Kier molecular flexibility index (Phi) is 6.92. The molecule has 2 amide bonds. The highest BCUT2D eigenvalue weighted by molar-refractivity contribution is 5.93. The maximum absolute atomic E-state index is 12.7. The molecule has 1 saturated carbocycles. The fraction of sp³-hybridized carbons (Fsp3) is 0.462. The summed E-state index contributed by atoms with van der Waals surface area (Å²) in [7, 11) is 0. The Bertz CT molecular complexity index is 917. The number of rotatable bonds is 9. The molecule has 1 heterocycles. The number of benzene rings is 2. The molecule has 0 aromatic heterocycles. The monoisotopic (exact) mass is 434 g/mol. The molecule has 0 spiro atoms. The van der Waals surface area contributed by atoms with Crippen molar-refractivity contribution in [2.24, 2.45) is 5.73 Å². The van der Waals surface area contributed by atoms with E-state index in [1.165, 1.54) is 5.56 Å². The van der Waals surface area contributed by atoms with Crippen molar-refractivity contribution in [3.63, 3.8) is 0 Å². The number of primary amides is 1. The molecule has 1 aliphatic carbocycles. The van der Waals surface area contributed by atoms with Gasteiger partial charge >= 0.3 is 0 Å². The SMILES string of the molecule is CCC(=O)N(CC1(N2CCN(Cc3ccc(CC(N)=O)cc3)CC2)CC1)c1ccccc1. The first kappa shape index (κ1) is 22.5. The number of hydrogen-bond acceptors (Lipinski definition) is 4. The molecule has 170 valence electrons. The molecule has 1 saturated heterocycles. The number of nitrogens with zero attached hydrogens (tertiary/aromatic N) is 3. The van der Waals surface area contributed by atoms with Crippen LogP contribution in [-0.2, 0) is 22.6 Å². The van der Waals surface area contributed by atoms with Crippen LogP contribution in [0.2, 0.25) is 0 Å². The van der Waals surface area contributed by atoms with Crippen LogP contribution < -0.4 is 10.6 Å². The summed E-state index contributed by atoms with van der Waals surface area (Å²) in [4.78, 5) is 30.9. The molecule has 0 bridgehead atoms. The Balaban J connectivity index is 1.33. The van der Waals surface area contributed by atoms with Gasteiger partial charge in [-0.3, -0.25) is 19.4 Å². The molecule has 2 N–H and O–H groups in total. The Morgan fingerprint density at radius 1 is 0.938 bits per heavy atom. The second-order valence-corrected chi connectivity index (χ2v) is 9.12. The van der Waals surface area contributed by atoms with Gasteiger partial charge in [-0.25, -0.2) is 0 Å². The second-order valence-electron chi connectivity index (χ2n) is 9.12. The third-order valence-electron chi connectivity index (χ3n) is 6.80. The number of amides is 2. The van der Waals surface area contributed by atoms with Crippen LogP contribution in [0.15, 0.2) is 54.6 Å². The molecule has 4 rings (SSSR count). The van der Waals surface area contributed by atoms with Gasteiger partial charge in [0.15, 0.2) is 0 Å². The van der Waals surface area contributed by atoms with Crippen LogP contribution in [0.5, 0.6) is 0 Å². The first-order valence-corrected chi connectivity index (χ1v) is 11.7. The summed E-state index contributed by atoms with van der Waals surface area (Å²) in [5.74, 6) is -0.102. The largest absolute Gasteiger partial charge is 0.369 e. The number of anilines is 1. The topological polar surface area (TPSA) is 69.9 Å². The third kappa shape index (κ3) is 5.37. The van der Waals surface area contributed by atoms with E-state index >= 15 is 0 Å². The molecule has 6 heteroatoms. The van der Waals surface area contributed by atoms with Gasteiger partial charge in [0.2, 0.25) is 11.8 Å². The standard InChI is InChI=1S/C26H34N4O2/c1-2-25(32)30(23-6-4-3-5-7-23)20-26(12-13-26)29-16-14-28(15-17-29)19-22-10-8-21(9-11-22)18-24(27)31/h3-11H,2,12-20H2,1H3,(H2,27,31). The lowest BCUT2D eigenvalue weighted by atomic mass is 10.1. The first-order chi connectivity index (χ1) is 15.5. The highest BCUT2D eigenvalue weighted by Gasteiger charge is 2.50. The smallest absolute Gasteiger partial charge is 0.226 e. The van der Waals surface area contributed by atoms with Gasteiger partial charge in [0, 0.05) is 56.9 Å². The average Bonchev–Trinajstić information content (AvgIpc) is 3.60. The Labute approximate surface area is 191 Å².